The van der Waals surface area contributed by atoms with Crippen molar-refractivity contribution < 1.29 is 9.59 Å². The molecule has 1 aromatic heterocycles. The fourth-order valence-electron chi connectivity index (χ4n) is 1.46. The van der Waals surface area contributed by atoms with Gasteiger partial charge in [0.25, 0.3) is 5.91 Å². The number of imide groups is 1. The second-order valence-electron chi connectivity index (χ2n) is 3.99. The Labute approximate surface area is 121 Å². The number of nitrogens with one attached hydrogen (secondary N) is 2. The Kier molecular flexibility index (Phi) is 6.05. The first-order valence-corrected chi connectivity index (χ1v) is 6.63. The quantitative estimate of drug-likeness (QED) is 0.663. The van der Waals surface area contributed by atoms with Crippen LogP contribution in [0, 0.1) is 6.92 Å². The van der Waals surface area contributed by atoms with E-state index in [1.165, 1.54) is 6.07 Å². The third-order valence-corrected chi connectivity index (χ3v) is 2.88. The lowest BCUT2D eigenvalue weighted by Crippen LogP contribution is -2.40. The van der Waals surface area contributed by atoms with Crippen LogP contribution in [0.25, 0.3) is 0 Å². The third-order valence-electron chi connectivity index (χ3n) is 2.41. The van der Waals surface area contributed by atoms with E-state index in [1.54, 1.807) is 6.92 Å². The van der Waals surface area contributed by atoms with Gasteiger partial charge in [-0.2, -0.15) is 0 Å². The normalized spacial score (nSPS) is 10.1. The third kappa shape index (κ3) is 4.69. The predicted octanol–water partition coefficient (Wildman–Crippen LogP) is 2.94. The van der Waals surface area contributed by atoms with Crippen molar-refractivity contribution in [3.05, 3.63) is 27.5 Å². The Morgan fingerprint density at radius 3 is 2.63 bits per heavy atom. The van der Waals surface area contributed by atoms with Crippen molar-refractivity contribution in [2.75, 3.05) is 6.54 Å². The summed E-state index contributed by atoms with van der Waals surface area (Å²) in [6, 6.07) is 0.959. The molecule has 0 spiro atoms. The van der Waals surface area contributed by atoms with Gasteiger partial charge in [-0.15, -0.1) is 0 Å². The van der Waals surface area contributed by atoms with Gasteiger partial charge in [0, 0.05) is 6.54 Å². The molecule has 0 radical (unpaired) electrons. The minimum absolute atomic E-state index is 0.0242. The first-order chi connectivity index (χ1) is 8.95. The zero-order valence-corrected chi connectivity index (χ0v) is 12.2. The highest BCUT2D eigenvalue weighted by atomic mass is 35.5. The van der Waals surface area contributed by atoms with E-state index in [1.807, 2.05) is 6.92 Å². The largest absolute Gasteiger partial charge is 0.338 e. The summed E-state index contributed by atoms with van der Waals surface area (Å²) in [5, 5.41) is 4.95. The SMILES string of the molecule is CCCCNC(=O)NC(=O)c1c(C)cc(Cl)nc1Cl. The first kappa shape index (κ1) is 15.7. The van der Waals surface area contributed by atoms with E-state index < -0.39 is 11.9 Å². The van der Waals surface area contributed by atoms with Crippen LogP contribution < -0.4 is 10.6 Å². The summed E-state index contributed by atoms with van der Waals surface area (Å²) in [5.41, 5.74) is 0.709. The van der Waals surface area contributed by atoms with Crippen molar-refractivity contribution in [2.24, 2.45) is 0 Å². The topological polar surface area (TPSA) is 71.1 Å². The minimum atomic E-state index is -0.597. The van der Waals surface area contributed by atoms with Crippen LogP contribution in [0.5, 0.6) is 0 Å². The van der Waals surface area contributed by atoms with Gasteiger partial charge in [-0.1, -0.05) is 36.5 Å². The number of hydrogen-bond acceptors (Lipinski definition) is 3. The van der Waals surface area contributed by atoms with Crippen LogP contribution in [0.1, 0.15) is 35.7 Å². The van der Waals surface area contributed by atoms with E-state index in [2.05, 4.69) is 15.6 Å². The van der Waals surface area contributed by atoms with Crippen molar-refractivity contribution in [3.8, 4) is 0 Å². The summed E-state index contributed by atoms with van der Waals surface area (Å²) in [6.07, 6.45) is 1.81. The molecule has 1 aromatic rings. The maximum Gasteiger partial charge on any atom is 0.321 e. The molecule has 1 rings (SSSR count). The summed E-state index contributed by atoms with van der Waals surface area (Å²) < 4.78 is 0. The van der Waals surface area contributed by atoms with Crippen molar-refractivity contribution >= 4 is 35.1 Å². The molecular formula is C12H15Cl2N3O2. The van der Waals surface area contributed by atoms with E-state index in [0.717, 1.165) is 12.8 Å². The molecule has 0 bridgehead atoms. The van der Waals surface area contributed by atoms with Crippen molar-refractivity contribution in [1.29, 1.82) is 0 Å². The van der Waals surface area contributed by atoms with Gasteiger partial charge in [-0.05, 0) is 25.0 Å². The second-order valence-corrected chi connectivity index (χ2v) is 4.74. The summed E-state index contributed by atoms with van der Waals surface area (Å²) in [7, 11) is 0. The number of carbonyl (C=O) groups is 2. The average molecular weight is 304 g/mol. The summed E-state index contributed by atoms with van der Waals surface area (Å²) in [4.78, 5) is 27.1. The monoisotopic (exact) mass is 303 g/mol. The molecule has 0 fully saturated rings. The Morgan fingerprint density at radius 1 is 1.37 bits per heavy atom. The predicted molar refractivity (Wildman–Crippen MR) is 74.8 cm³/mol. The number of aryl methyl sites for hydroxylation is 1. The summed E-state index contributed by atoms with van der Waals surface area (Å²) >= 11 is 11.6. The van der Waals surface area contributed by atoms with E-state index >= 15 is 0 Å². The molecule has 0 aliphatic heterocycles. The molecule has 3 amide bonds. The van der Waals surface area contributed by atoms with Crippen molar-refractivity contribution in [3.63, 3.8) is 0 Å². The Morgan fingerprint density at radius 2 is 2.05 bits per heavy atom. The van der Waals surface area contributed by atoms with Gasteiger partial charge in [0.1, 0.15) is 10.3 Å². The van der Waals surface area contributed by atoms with Gasteiger partial charge in [0.05, 0.1) is 5.56 Å². The second kappa shape index (κ2) is 7.31. The van der Waals surface area contributed by atoms with Crippen LogP contribution in [-0.2, 0) is 0 Å². The van der Waals surface area contributed by atoms with Crippen LogP contribution in [0.2, 0.25) is 10.3 Å². The maximum atomic E-state index is 11.9. The molecule has 1 heterocycles. The number of nitrogens with zero attached hydrogens (tertiary/aromatic N) is 1. The van der Waals surface area contributed by atoms with Crippen LogP contribution in [0.4, 0.5) is 4.79 Å². The number of unbranched alkanes of at least 4 members (excludes halogenated alkanes) is 1. The highest BCUT2D eigenvalue weighted by Crippen LogP contribution is 2.21. The Balaban J connectivity index is 2.71. The van der Waals surface area contributed by atoms with Gasteiger partial charge in [0.15, 0.2) is 0 Å². The first-order valence-electron chi connectivity index (χ1n) is 5.87. The molecule has 0 atom stereocenters. The Hall–Kier alpha value is -1.33. The number of pyridine rings is 1. The van der Waals surface area contributed by atoms with E-state index in [9.17, 15) is 9.59 Å². The molecule has 7 heteroatoms. The fourth-order valence-corrected chi connectivity index (χ4v) is 2.07. The Bertz CT molecular complexity index is 469. The zero-order valence-electron chi connectivity index (χ0n) is 10.7. The maximum absolute atomic E-state index is 11.9. The van der Waals surface area contributed by atoms with Gasteiger partial charge < -0.3 is 5.32 Å². The molecule has 2 N–H and O–H groups in total. The van der Waals surface area contributed by atoms with E-state index in [-0.39, 0.29) is 15.9 Å². The lowest BCUT2D eigenvalue weighted by molar-refractivity contribution is 0.0963. The van der Waals surface area contributed by atoms with Crippen LogP contribution in [0.3, 0.4) is 0 Å². The minimum Gasteiger partial charge on any atom is -0.338 e. The van der Waals surface area contributed by atoms with Crippen molar-refractivity contribution in [2.45, 2.75) is 26.7 Å². The molecule has 0 unspecified atom stereocenters. The van der Waals surface area contributed by atoms with E-state index in [0.29, 0.717) is 12.1 Å². The number of halogens is 2. The molecule has 0 saturated heterocycles. The summed E-state index contributed by atoms with van der Waals surface area (Å²) in [5.74, 6) is -0.597. The lowest BCUT2D eigenvalue weighted by atomic mass is 10.1. The highest BCUT2D eigenvalue weighted by Gasteiger charge is 2.17. The van der Waals surface area contributed by atoms with Gasteiger partial charge in [-0.3, -0.25) is 10.1 Å². The molecule has 0 aliphatic carbocycles. The van der Waals surface area contributed by atoms with Gasteiger partial charge in [-0.25, -0.2) is 9.78 Å². The molecule has 0 saturated carbocycles. The molecule has 0 aliphatic rings. The van der Waals surface area contributed by atoms with Gasteiger partial charge >= 0.3 is 6.03 Å². The highest BCUT2D eigenvalue weighted by molar-refractivity contribution is 6.35. The van der Waals surface area contributed by atoms with Crippen molar-refractivity contribution in [1.82, 2.24) is 15.6 Å². The number of hydrogen-bond donors (Lipinski definition) is 2. The standard InChI is InChI=1S/C12H15Cl2N3O2/c1-3-4-5-15-12(19)17-11(18)9-7(2)6-8(13)16-10(9)14/h6H,3-5H2,1-2H3,(H2,15,17,18,19). The fraction of sp³-hybridized carbons (Fsp3) is 0.417. The number of amides is 3. The molecule has 5 nitrogen and oxygen atoms in total. The lowest BCUT2D eigenvalue weighted by Gasteiger charge is -2.09. The molecule has 19 heavy (non-hydrogen) atoms. The number of rotatable bonds is 4. The molecule has 104 valence electrons. The van der Waals surface area contributed by atoms with Crippen LogP contribution in [0.15, 0.2) is 6.07 Å². The number of urea groups is 1. The van der Waals surface area contributed by atoms with E-state index in [4.69, 9.17) is 23.2 Å². The smallest absolute Gasteiger partial charge is 0.321 e. The van der Waals surface area contributed by atoms with Gasteiger partial charge in [0.2, 0.25) is 0 Å². The molecule has 0 aromatic carbocycles. The molecular weight excluding hydrogens is 289 g/mol. The number of carbonyl (C=O) groups excluding carboxylic acids is 2. The average Bonchev–Trinajstić information content (AvgIpc) is 2.27. The van der Waals surface area contributed by atoms with Crippen LogP contribution in [-0.4, -0.2) is 23.5 Å². The summed E-state index contributed by atoms with van der Waals surface area (Å²) in [6.45, 7) is 4.19. The van der Waals surface area contributed by atoms with Crippen LogP contribution >= 0.6 is 23.2 Å². The number of aromatic nitrogens is 1. The zero-order chi connectivity index (χ0) is 14.4.